The highest BCUT2D eigenvalue weighted by molar-refractivity contribution is 5.92. The van der Waals surface area contributed by atoms with Crippen LogP contribution in [0.25, 0.3) is 11.1 Å². The minimum atomic E-state index is -0.155. The Labute approximate surface area is 182 Å². The minimum absolute atomic E-state index is 0.110. The fourth-order valence-electron chi connectivity index (χ4n) is 3.99. The second-order valence-electron chi connectivity index (χ2n) is 8.04. The largest absolute Gasteiger partial charge is 0.361 e. The molecule has 0 bridgehead atoms. The summed E-state index contributed by atoms with van der Waals surface area (Å²) in [7, 11) is 3.83. The van der Waals surface area contributed by atoms with Crippen molar-refractivity contribution in [3.8, 4) is 11.1 Å². The molecule has 4 rings (SSSR count). The summed E-state index contributed by atoms with van der Waals surface area (Å²) in [4.78, 5) is 30.7. The highest BCUT2D eigenvalue weighted by Gasteiger charge is 2.33. The van der Waals surface area contributed by atoms with Crippen LogP contribution in [0.15, 0.2) is 41.3 Å². The molecule has 3 aromatic rings. The molecule has 3 aromatic heterocycles. The maximum Gasteiger partial charge on any atom is 0.276 e. The number of carbonyl (C=O) groups is 1. The van der Waals surface area contributed by atoms with Gasteiger partial charge >= 0.3 is 0 Å². The molecule has 162 valence electrons. The quantitative estimate of drug-likeness (QED) is 0.597. The van der Waals surface area contributed by atoms with E-state index in [2.05, 4.69) is 22.0 Å². The molecular weight excluding hydrogens is 392 g/mol. The molecule has 0 aromatic carbocycles. The van der Waals surface area contributed by atoms with Gasteiger partial charge in [0, 0.05) is 57.3 Å². The van der Waals surface area contributed by atoms with Crippen LogP contribution in [0.4, 0.5) is 5.95 Å². The zero-order chi connectivity index (χ0) is 21.8. The van der Waals surface area contributed by atoms with Gasteiger partial charge in [0.15, 0.2) is 5.69 Å². The molecule has 0 radical (unpaired) electrons. The monoisotopic (exact) mass is 420 g/mol. The molecule has 1 unspecified atom stereocenters. The number of aryl methyl sites for hydroxylation is 1. The van der Waals surface area contributed by atoms with Crippen LogP contribution in [0.5, 0.6) is 0 Å². The van der Waals surface area contributed by atoms with E-state index in [0.29, 0.717) is 18.2 Å². The van der Waals surface area contributed by atoms with E-state index in [1.807, 2.05) is 42.2 Å². The topological polar surface area (TPSA) is 88.3 Å². The number of hydrogen-bond acceptors (Lipinski definition) is 7. The zero-order valence-corrected chi connectivity index (χ0v) is 18.3. The molecule has 1 aliphatic heterocycles. The van der Waals surface area contributed by atoms with Gasteiger partial charge in [-0.05, 0) is 43.4 Å². The molecule has 31 heavy (non-hydrogen) atoms. The van der Waals surface area contributed by atoms with Crippen LogP contribution >= 0.6 is 0 Å². The summed E-state index contributed by atoms with van der Waals surface area (Å²) in [6.45, 7) is 2.74. The lowest BCUT2D eigenvalue weighted by Crippen LogP contribution is -2.39. The molecular formula is C23H28N6O2. The summed E-state index contributed by atoms with van der Waals surface area (Å²) in [5.41, 5.74) is 3.13. The maximum absolute atomic E-state index is 13.4. The molecule has 8 heteroatoms. The lowest BCUT2D eigenvalue weighted by atomic mass is 9.94. The molecule has 1 fully saturated rings. The van der Waals surface area contributed by atoms with Crippen LogP contribution in [-0.4, -0.2) is 51.6 Å². The Morgan fingerprint density at radius 3 is 2.81 bits per heavy atom. The zero-order valence-electron chi connectivity index (χ0n) is 18.3. The number of likely N-dealkylation sites (tertiary alicyclic amines) is 1. The summed E-state index contributed by atoms with van der Waals surface area (Å²) in [5, 5.41) is 4.05. The highest BCUT2D eigenvalue weighted by Crippen LogP contribution is 2.37. The summed E-state index contributed by atoms with van der Waals surface area (Å²) in [5.74, 6) is 1.26. The standard InChI is InChI=1S/C23H28N6O2/c1-4-7-17-14-19(27-31-17)22(30)29-13-6-5-8-20(29)21-18(16-9-11-24-12-10-16)15-25-23(26-21)28(2)3/h9-12,14-15,20H,4-8,13H2,1-3H3. The van der Waals surface area contributed by atoms with Crippen molar-refractivity contribution in [3.05, 3.63) is 53.9 Å². The van der Waals surface area contributed by atoms with Gasteiger partial charge in [-0.15, -0.1) is 0 Å². The fourth-order valence-corrected chi connectivity index (χ4v) is 3.99. The van der Waals surface area contributed by atoms with Crippen molar-refractivity contribution in [3.63, 3.8) is 0 Å². The number of aromatic nitrogens is 4. The molecule has 1 saturated heterocycles. The van der Waals surface area contributed by atoms with Crippen LogP contribution in [0.1, 0.15) is 60.6 Å². The lowest BCUT2D eigenvalue weighted by Gasteiger charge is -2.36. The van der Waals surface area contributed by atoms with Gasteiger partial charge in [0.25, 0.3) is 5.91 Å². The van der Waals surface area contributed by atoms with Crippen LogP contribution in [0.2, 0.25) is 0 Å². The number of piperidine rings is 1. The third kappa shape index (κ3) is 4.42. The SMILES string of the molecule is CCCc1cc(C(=O)N2CCCCC2c2nc(N(C)C)ncc2-c2ccncc2)no1. The third-order valence-corrected chi connectivity index (χ3v) is 5.55. The van der Waals surface area contributed by atoms with Gasteiger partial charge in [-0.25, -0.2) is 9.97 Å². The Hall–Kier alpha value is -3.29. The van der Waals surface area contributed by atoms with E-state index in [0.717, 1.165) is 54.7 Å². The minimum Gasteiger partial charge on any atom is -0.361 e. The van der Waals surface area contributed by atoms with Crippen molar-refractivity contribution in [2.24, 2.45) is 0 Å². The van der Waals surface area contributed by atoms with Gasteiger partial charge in [-0.2, -0.15) is 0 Å². The Bertz CT molecular complexity index is 1030. The van der Waals surface area contributed by atoms with Crippen molar-refractivity contribution in [1.82, 2.24) is 25.0 Å². The molecule has 1 amide bonds. The van der Waals surface area contributed by atoms with Gasteiger partial charge in [0.05, 0.1) is 11.7 Å². The predicted molar refractivity (Wildman–Crippen MR) is 118 cm³/mol. The summed E-state index contributed by atoms with van der Waals surface area (Å²) in [6.07, 6.45) is 9.91. The second-order valence-corrected chi connectivity index (χ2v) is 8.04. The lowest BCUT2D eigenvalue weighted by molar-refractivity contribution is 0.0596. The summed E-state index contributed by atoms with van der Waals surface area (Å²) < 4.78 is 5.36. The van der Waals surface area contributed by atoms with Gasteiger partial charge in [0.2, 0.25) is 5.95 Å². The average Bonchev–Trinajstić information content (AvgIpc) is 3.27. The molecule has 8 nitrogen and oxygen atoms in total. The van der Waals surface area contributed by atoms with Crippen molar-refractivity contribution in [2.45, 2.75) is 45.1 Å². The van der Waals surface area contributed by atoms with E-state index in [4.69, 9.17) is 9.51 Å². The van der Waals surface area contributed by atoms with E-state index < -0.39 is 0 Å². The predicted octanol–water partition coefficient (Wildman–Crippen LogP) is 3.91. The van der Waals surface area contributed by atoms with E-state index in [1.165, 1.54) is 0 Å². The first-order chi connectivity index (χ1) is 15.1. The van der Waals surface area contributed by atoms with E-state index in [9.17, 15) is 4.79 Å². The number of pyridine rings is 1. The second kappa shape index (κ2) is 9.24. The number of carbonyl (C=O) groups excluding carboxylic acids is 1. The highest BCUT2D eigenvalue weighted by atomic mass is 16.5. The van der Waals surface area contributed by atoms with Crippen molar-refractivity contribution in [2.75, 3.05) is 25.5 Å². The molecule has 4 heterocycles. The van der Waals surface area contributed by atoms with Crippen molar-refractivity contribution >= 4 is 11.9 Å². The number of rotatable bonds is 6. The Morgan fingerprint density at radius 2 is 2.06 bits per heavy atom. The Kier molecular flexibility index (Phi) is 6.25. The normalized spacial score (nSPS) is 16.4. The number of anilines is 1. The first-order valence-electron chi connectivity index (χ1n) is 10.8. The molecule has 0 spiro atoms. The van der Waals surface area contributed by atoms with Crippen LogP contribution in [0, 0.1) is 0 Å². The van der Waals surface area contributed by atoms with Gasteiger partial charge < -0.3 is 14.3 Å². The Balaban J connectivity index is 1.74. The number of amides is 1. The molecule has 0 N–H and O–H groups in total. The van der Waals surface area contributed by atoms with E-state index in [-0.39, 0.29) is 11.9 Å². The van der Waals surface area contributed by atoms with Gasteiger partial charge in [-0.1, -0.05) is 12.1 Å². The molecule has 0 aliphatic carbocycles. The summed E-state index contributed by atoms with van der Waals surface area (Å²) in [6, 6.07) is 5.51. The van der Waals surface area contributed by atoms with Crippen molar-refractivity contribution in [1.29, 1.82) is 0 Å². The molecule has 1 aliphatic rings. The van der Waals surface area contributed by atoms with E-state index in [1.54, 1.807) is 18.5 Å². The Morgan fingerprint density at radius 1 is 1.26 bits per heavy atom. The molecule has 0 saturated carbocycles. The van der Waals surface area contributed by atoms with Crippen LogP contribution < -0.4 is 4.90 Å². The van der Waals surface area contributed by atoms with Gasteiger partial charge in [0.1, 0.15) is 5.76 Å². The number of nitrogens with zero attached hydrogens (tertiary/aromatic N) is 6. The fraction of sp³-hybridized carbons (Fsp3) is 0.435. The first-order valence-corrected chi connectivity index (χ1v) is 10.8. The summed E-state index contributed by atoms with van der Waals surface area (Å²) >= 11 is 0. The van der Waals surface area contributed by atoms with Gasteiger partial charge in [-0.3, -0.25) is 9.78 Å². The maximum atomic E-state index is 13.4. The average molecular weight is 421 g/mol. The first kappa shape index (κ1) is 21.0. The van der Waals surface area contributed by atoms with E-state index >= 15 is 0 Å². The third-order valence-electron chi connectivity index (χ3n) is 5.55. The van der Waals surface area contributed by atoms with Crippen LogP contribution in [-0.2, 0) is 6.42 Å². The molecule has 1 atom stereocenters. The van der Waals surface area contributed by atoms with Crippen molar-refractivity contribution < 1.29 is 9.32 Å². The van der Waals surface area contributed by atoms with Crippen LogP contribution in [0.3, 0.4) is 0 Å². The smallest absolute Gasteiger partial charge is 0.276 e. The number of hydrogen-bond donors (Lipinski definition) is 0.